The first-order valence-corrected chi connectivity index (χ1v) is 28.0. The number of hydrogen-bond acceptors (Lipinski definition) is 13. The maximum Gasteiger partial charge on any atom is 0.254 e. The number of ether oxygens (including phenoxy) is 3. The number of rotatable bonds is 13. The van der Waals surface area contributed by atoms with Gasteiger partial charge in [0.05, 0.1) is 64.1 Å². The number of benzene rings is 6. The first-order chi connectivity index (χ1) is 42.8. The first-order valence-electron chi connectivity index (χ1n) is 28.0. The van der Waals surface area contributed by atoms with Crippen LogP contribution in [0.1, 0.15) is 92.6 Å². The van der Waals surface area contributed by atoms with E-state index >= 15 is 0 Å². The molecule has 3 aliphatic rings. The molecule has 0 saturated carbocycles. The highest BCUT2D eigenvalue weighted by atomic mass is 19.1. The number of aromatic amines is 3. The maximum atomic E-state index is 14.5. The molecule has 24 heteroatoms. The summed E-state index contributed by atoms with van der Waals surface area (Å²) in [7, 11) is 5.64. The Kier molecular flexibility index (Phi) is 21.7. The summed E-state index contributed by atoms with van der Waals surface area (Å²) in [5.74, 6) is -0.0614. The Morgan fingerprint density at radius 2 is 0.843 bits per heavy atom. The second kappa shape index (κ2) is 29.9. The SMILES string of the molecule is C.CO.COc1cc(C(=O)N2CC(N=[N+]=[N-])C[C@@H]2c2ccccc2F)ccc1-c1cn[nH]c1.COc1cc(C(=O)N2C[C@@H](N)C[C@@H]2c2ccccc2F)ccc1-c1cn[nH]c1.COc1cc(C(=O)N2C[C@H](N)C[C@@H]2c2ccccc2F)ccc1-c1cn[nH]c1. The van der Waals surface area contributed by atoms with Crippen LogP contribution in [-0.2, 0) is 0 Å². The van der Waals surface area contributed by atoms with Crippen molar-refractivity contribution >= 4 is 17.7 Å². The predicted molar refractivity (Wildman–Crippen MR) is 330 cm³/mol. The van der Waals surface area contributed by atoms with Crippen LogP contribution in [-0.4, -0.2) is 134 Å². The van der Waals surface area contributed by atoms with Crippen LogP contribution in [0.4, 0.5) is 13.2 Å². The average molecular weight is 1220 g/mol. The van der Waals surface area contributed by atoms with E-state index in [9.17, 15) is 27.6 Å². The number of aliphatic hydroxyl groups excluding tert-OH is 1. The molecule has 6 aromatic carbocycles. The van der Waals surface area contributed by atoms with Crippen molar-refractivity contribution < 1.29 is 46.9 Å². The van der Waals surface area contributed by atoms with E-state index in [4.69, 9.17) is 36.3 Å². The Labute approximate surface area is 512 Å². The van der Waals surface area contributed by atoms with Crippen LogP contribution in [0.25, 0.3) is 43.8 Å². The van der Waals surface area contributed by atoms with Gasteiger partial charge in [0, 0.05) is 129 Å². The maximum absolute atomic E-state index is 14.5. The van der Waals surface area contributed by atoms with E-state index in [0.29, 0.717) is 83.0 Å². The van der Waals surface area contributed by atoms with Gasteiger partial charge in [0.15, 0.2) is 0 Å². The summed E-state index contributed by atoms with van der Waals surface area (Å²) in [6.45, 7) is 0.973. The Hall–Kier alpha value is -10.3. The molecule has 12 rings (SSSR count). The predicted octanol–water partition coefficient (Wildman–Crippen LogP) is 11.0. The van der Waals surface area contributed by atoms with Gasteiger partial charge in [-0.2, -0.15) is 15.3 Å². The number of aromatic nitrogens is 6. The van der Waals surface area contributed by atoms with Crippen LogP contribution in [0.2, 0.25) is 0 Å². The minimum absolute atomic E-state index is 0. The molecule has 3 fully saturated rings. The van der Waals surface area contributed by atoms with Gasteiger partial charge in [0.1, 0.15) is 34.7 Å². The third kappa shape index (κ3) is 14.4. The Morgan fingerprint density at radius 3 is 1.13 bits per heavy atom. The number of carbonyl (C=O) groups excluding carboxylic acids is 3. The van der Waals surface area contributed by atoms with E-state index in [1.54, 1.807) is 163 Å². The van der Waals surface area contributed by atoms with E-state index in [1.165, 1.54) is 25.3 Å². The van der Waals surface area contributed by atoms with Crippen LogP contribution < -0.4 is 25.7 Å². The summed E-state index contributed by atoms with van der Waals surface area (Å²) in [6, 6.07) is 33.0. The number of hydrogen-bond donors (Lipinski definition) is 6. The molecule has 3 saturated heterocycles. The number of nitrogens with zero attached hydrogens (tertiary/aromatic N) is 9. The highest BCUT2D eigenvalue weighted by molar-refractivity contribution is 5.98. The number of halogens is 3. The number of azide groups is 1. The quantitative estimate of drug-likeness (QED) is 0.0357. The standard InChI is InChI=1S/C21H19FN6O2.2C21H21FN4O2.CH4O.CH4/c1-30-20-8-13(6-7-16(20)14-10-24-25-11-14)21(29)28-12-15(26-27-23)9-19(28)17-4-2-3-5-18(17)22;2*1-28-20-8-13(6-7-16(20)14-10-24-25-11-14)21(27)26-12-15(23)9-19(26)17-4-2-3-5-18(17)22;1-2;/h2-8,10-11,15,19H,9,12H2,1H3,(H,24,25);2*2-8,10-11,15,19H,9,12,23H2,1H3,(H,24,25);2H,1H3;1H4/t15?,19-;15-,19+;15-,19-;;/m101../s1. The zero-order valence-corrected chi connectivity index (χ0v) is 48.5. The fraction of sp³-hybridized carbons (Fsp3) is 0.262. The van der Waals surface area contributed by atoms with E-state index in [0.717, 1.165) is 40.5 Å². The van der Waals surface area contributed by atoms with Crippen molar-refractivity contribution in [2.24, 2.45) is 16.6 Å². The minimum Gasteiger partial charge on any atom is -0.496 e. The lowest BCUT2D eigenvalue weighted by molar-refractivity contribution is 0.0724. The monoisotopic (exact) mass is 1210 g/mol. The van der Waals surface area contributed by atoms with E-state index in [1.807, 2.05) is 12.1 Å². The van der Waals surface area contributed by atoms with Gasteiger partial charge < -0.3 is 45.5 Å². The van der Waals surface area contributed by atoms with Crippen LogP contribution in [0, 0.1) is 17.5 Å². The van der Waals surface area contributed by atoms with Crippen molar-refractivity contribution in [1.82, 2.24) is 45.3 Å². The van der Waals surface area contributed by atoms with Crippen molar-refractivity contribution in [3.63, 3.8) is 0 Å². The van der Waals surface area contributed by atoms with Gasteiger partial charge in [-0.15, -0.1) is 0 Å². The molecule has 0 spiro atoms. The molecule has 0 aliphatic carbocycles. The highest BCUT2D eigenvalue weighted by Gasteiger charge is 2.40. The molecule has 1 unspecified atom stereocenters. The van der Waals surface area contributed by atoms with Crippen LogP contribution in [0.5, 0.6) is 17.2 Å². The summed E-state index contributed by atoms with van der Waals surface area (Å²) in [4.78, 5) is 47.5. The van der Waals surface area contributed by atoms with Gasteiger partial charge in [0.25, 0.3) is 17.7 Å². The van der Waals surface area contributed by atoms with E-state index in [-0.39, 0.29) is 67.5 Å². The number of nitrogens with two attached hydrogens (primary N) is 2. The summed E-state index contributed by atoms with van der Waals surface area (Å²) in [5, 5.41) is 30.9. The van der Waals surface area contributed by atoms with Gasteiger partial charge in [-0.25, -0.2) is 13.2 Å². The van der Waals surface area contributed by atoms with E-state index in [2.05, 4.69) is 40.6 Å². The average Bonchev–Trinajstić information content (AvgIpc) is 2.35. The molecule has 8 N–H and O–H groups in total. The largest absolute Gasteiger partial charge is 0.496 e. The third-order valence-corrected chi connectivity index (χ3v) is 15.5. The van der Waals surface area contributed by atoms with Crippen molar-refractivity contribution in [1.29, 1.82) is 0 Å². The Balaban J connectivity index is 0.000000169. The number of carbonyl (C=O) groups is 3. The zero-order chi connectivity index (χ0) is 62.4. The van der Waals surface area contributed by atoms with Crippen molar-refractivity contribution in [3.05, 3.63) is 226 Å². The molecule has 6 atom stereocenters. The summed E-state index contributed by atoms with van der Waals surface area (Å²) in [6.07, 6.45) is 11.7. The number of nitrogens with one attached hydrogen (secondary N) is 3. The smallest absolute Gasteiger partial charge is 0.254 e. The number of methoxy groups -OCH3 is 3. The Bertz CT molecular complexity index is 3730. The van der Waals surface area contributed by atoms with Crippen molar-refractivity contribution in [3.8, 4) is 50.6 Å². The third-order valence-electron chi connectivity index (χ3n) is 15.5. The number of H-pyrrole nitrogens is 3. The molecule has 21 nitrogen and oxygen atoms in total. The van der Waals surface area contributed by atoms with Crippen LogP contribution >= 0.6 is 0 Å². The molecule has 462 valence electrons. The van der Waals surface area contributed by atoms with E-state index < -0.39 is 17.9 Å². The van der Waals surface area contributed by atoms with Gasteiger partial charge in [-0.1, -0.05) is 67.1 Å². The number of likely N-dealkylation sites (tertiary alicyclic amines) is 3. The van der Waals surface area contributed by atoms with Gasteiger partial charge >= 0.3 is 0 Å². The van der Waals surface area contributed by atoms with Gasteiger partial charge in [-0.05, 0) is 97.6 Å². The number of aliphatic hydroxyl groups is 1. The topological polar surface area (TPSA) is 296 Å². The fourth-order valence-electron chi connectivity index (χ4n) is 11.4. The molecule has 3 aliphatic heterocycles. The fourth-order valence-corrected chi connectivity index (χ4v) is 11.4. The lowest BCUT2D eigenvalue weighted by Crippen LogP contribution is -2.33. The molecular formula is C65H69F3N14O7. The molecule has 9 aromatic rings. The second-order valence-electron chi connectivity index (χ2n) is 20.8. The summed E-state index contributed by atoms with van der Waals surface area (Å²) in [5.41, 5.74) is 28.8. The van der Waals surface area contributed by atoms with Crippen LogP contribution in [0.15, 0.2) is 170 Å². The summed E-state index contributed by atoms with van der Waals surface area (Å²) >= 11 is 0. The molecule has 3 aromatic heterocycles. The molecule has 6 heterocycles. The lowest BCUT2D eigenvalue weighted by atomic mass is 10.0. The second-order valence-corrected chi connectivity index (χ2v) is 20.8. The van der Waals surface area contributed by atoms with Gasteiger partial charge in [0.2, 0.25) is 0 Å². The molecule has 3 amide bonds. The normalized spacial score (nSPS) is 18.2. The van der Waals surface area contributed by atoms with Crippen LogP contribution in [0.3, 0.4) is 0 Å². The highest BCUT2D eigenvalue weighted by Crippen LogP contribution is 2.40. The Morgan fingerprint density at radius 1 is 0.528 bits per heavy atom. The van der Waals surface area contributed by atoms with Gasteiger partial charge in [-0.3, -0.25) is 29.7 Å². The van der Waals surface area contributed by atoms with Crippen molar-refractivity contribution in [2.45, 2.75) is 62.9 Å². The number of amides is 3. The molecule has 0 radical (unpaired) electrons. The molecular weight excluding hydrogens is 1150 g/mol. The molecule has 89 heavy (non-hydrogen) atoms. The zero-order valence-electron chi connectivity index (χ0n) is 48.5. The minimum atomic E-state index is -0.520. The molecule has 0 bridgehead atoms. The first kappa shape index (κ1) is 64.7. The summed E-state index contributed by atoms with van der Waals surface area (Å²) < 4.78 is 59.5. The lowest BCUT2D eigenvalue weighted by Gasteiger charge is -2.25. The van der Waals surface area contributed by atoms with Crippen molar-refractivity contribution in [2.75, 3.05) is 48.1 Å².